The number of fused-ring (bicyclic) bond motifs is 1. The first-order chi connectivity index (χ1) is 9.15. The molecule has 5 heteroatoms. The van der Waals surface area contributed by atoms with E-state index in [0.717, 1.165) is 17.4 Å². The zero-order valence-electron chi connectivity index (χ0n) is 10.0. The maximum atomic E-state index is 12.5. The zero-order chi connectivity index (χ0) is 13.4. The largest absolute Gasteiger partial charge is 0.334 e. The van der Waals surface area contributed by atoms with Crippen molar-refractivity contribution >= 4 is 44.8 Å². The highest BCUT2D eigenvalue weighted by atomic mass is 79.9. The summed E-state index contributed by atoms with van der Waals surface area (Å²) >= 11 is 11.1. The number of carbonyl (C=O) groups excluding carboxylic acids is 1. The van der Waals surface area contributed by atoms with Crippen LogP contribution in [0.5, 0.6) is 0 Å². The van der Waals surface area contributed by atoms with Gasteiger partial charge in [0, 0.05) is 28.0 Å². The van der Waals surface area contributed by atoms with Gasteiger partial charge in [0.1, 0.15) is 0 Å². The van der Waals surface area contributed by atoms with Crippen LogP contribution in [0.3, 0.4) is 0 Å². The molecule has 3 rings (SSSR count). The molecule has 1 amide bonds. The van der Waals surface area contributed by atoms with Gasteiger partial charge in [0.2, 0.25) is 0 Å². The number of hydrogen-bond donors (Lipinski definition) is 0. The molecular formula is C14H11BrClNOS. The Morgan fingerprint density at radius 1 is 1.37 bits per heavy atom. The van der Waals surface area contributed by atoms with Gasteiger partial charge in [-0.25, -0.2) is 0 Å². The van der Waals surface area contributed by atoms with Crippen molar-refractivity contribution in [3.8, 4) is 0 Å². The van der Waals surface area contributed by atoms with E-state index in [9.17, 15) is 4.79 Å². The molecular weight excluding hydrogens is 346 g/mol. The second-order valence-electron chi connectivity index (χ2n) is 4.47. The minimum Gasteiger partial charge on any atom is -0.334 e. The van der Waals surface area contributed by atoms with Gasteiger partial charge in [-0.2, -0.15) is 0 Å². The van der Waals surface area contributed by atoms with Gasteiger partial charge >= 0.3 is 0 Å². The fourth-order valence-electron chi connectivity index (χ4n) is 2.23. The van der Waals surface area contributed by atoms with E-state index >= 15 is 0 Å². The Balaban J connectivity index is 1.83. The summed E-state index contributed by atoms with van der Waals surface area (Å²) in [4.78, 5) is 15.8. The van der Waals surface area contributed by atoms with E-state index in [1.165, 1.54) is 10.4 Å². The quantitative estimate of drug-likeness (QED) is 0.743. The van der Waals surface area contributed by atoms with Crippen molar-refractivity contribution in [3.63, 3.8) is 0 Å². The van der Waals surface area contributed by atoms with E-state index in [4.69, 9.17) is 11.6 Å². The molecule has 0 unspecified atom stereocenters. The Bertz CT molecular complexity index is 640. The summed E-state index contributed by atoms with van der Waals surface area (Å²) in [6, 6.07) is 7.42. The molecule has 0 radical (unpaired) electrons. The van der Waals surface area contributed by atoms with Gasteiger partial charge in [-0.05, 0) is 57.6 Å². The monoisotopic (exact) mass is 355 g/mol. The number of amides is 1. The van der Waals surface area contributed by atoms with Crippen LogP contribution >= 0.6 is 38.9 Å². The molecule has 1 aromatic heterocycles. The molecule has 98 valence electrons. The number of halogens is 2. The van der Waals surface area contributed by atoms with Crippen LogP contribution in [0.1, 0.15) is 20.8 Å². The first-order valence-electron chi connectivity index (χ1n) is 5.95. The second kappa shape index (κ2) is 5.27. The number of hydrogen-bond acceptors (Lipinski definition) is 2. The van der Waals surface area contributed by atoms with Crippen LogP contribution in [-0.2, 0) is 13.0 Å². The number of nitrogens with zero attached hydrogens (tertiary/aromatic N) is 1. The first kappa shape index (κ1) is 13.2. The molecule has 2 nitrogen and oxygen atoms in total. The molecule has 0 aliphatic carbocycles. The highest BCUT2D eigenvalue weighted by Gasteiger charge is 2.22. The number of rotatable bonds is 1. The SMILES string of the molecule is O=C(c1ccc(Cl)c(Br)c1)N1CCc2sccc2C1. The summed E-state index contributed by atoms with van der Waals surface area (Å²) in [7, 11) is 0. The average Bonchev–Trinajstić information content (AvgIpc) is 2.88. The Labute approximate surface area is 129 Å². The fourth-order valence-corrected chi connectivity index (χ4v) is 3.62. The summed E-state index contributed by atoms with van der Waals surface area (Å²) < 4.78 is 0.758. The molecule has 2 aromatic rings. The van der Waals surface area contributed by atoms with Gasteiger partial charge in [-0.15, -0.1) is 11.3 Å². The van der Waals surface area contributed by atoms with Crippen LogP contribution < -0.4 is 0 Å². The molecule has 0 bridgehead atoms. The van der Waals surface area contributed by atoms with Crippen molar-refractivity contribution in [1.29, 1.82) is 0 Å². The number of carbonyl (C=O) groups is 1. The van der Waals surface area contributed by atoms with E-state index in [1.807, 2.05) is 4.90 Å². The number of thiophene rings is 1. The standard InChI is InChI=1S/C14H11BrClNOS/c15-11-7-9(1-2-12(11)16)14(18)17-5-3-13-10(8-17)4-6-19-13/h1-2,4,6-7H,3,5,8H2. The molecule has 2 heterocycles. The van der Waals surface area contributed by atoms with Gasteiger partial charge in [0.25, 0.3) is 5.91 Å². The van der Waals surface area contributed by atoms with Crippen LogP contribution in [-0.4, -0.2) is 17.4 Å². The molecule has 0 spiro atoms. The molecule has 0 saturated heterocycles. The lowest BCUT2D eigenvalue weighted by molar-refractivity contribution is 0.0736. The first-order valence-corrected chi connectivity index (χ1v) is 8.00. The average molecular weight is 357 g/mol. The maximum absolute atomic E-state index is 12.5. The highest BCUT2D eigenvalue weighted by Crippen LogP contribution is 2.27. The minimum absolute atomic E-state index is 0.0641. The lowest BCUT2D eigenvalue weighted by Crippen LogP contribution is -2.35. The van der Waals surface area contributed by atoms with Crippen molar-refractivity contribution in [2.24, 2.45) is 0 Å². The smallest absolute Gasteiger partial charge is 0.254 e. The van der Waals surface area contributed by atoms with Crippen molar-refractivity contribution in [1.82, 2.24) is 4.90 Å². The molecule has 1 aliphatic rings. The third-order valence-corrected chi connectivity index (χ3v) is 5.50. The Hall–Kier alpha value is -0.840. The second-order valence-corrected chi connectivity index (χ2v) is 6.74. The predicted octanol–water partition coefficient (Wildman–Crippen LogP) is 4.36. The molecule has 0 fully saturated rings. The maximum Gasteiger partial charge on any atom is 0.254 e. The number of benzene rings is 1. The van der Waals surface area contributed by atoms with Crippen LogP contribution in [0.2, 0.25) is 5.02 Å². The van der Waals surface area contributed by atoms with Crippen LogP contribution in [0.25, 0.3) is 0 Å². The van der Waals surface area contributed by atoms with E-state index in [-0.39, 0.29) is 5.91 Å². The van der Waals surface area contributed by atoms with E-state index in [1.54, 1.807) is 29.5 Å². The van der Waals surface area contributed by atoms with Crippen LogP contribution in [0.15, 0.2) is 34.1 Å². The van der Waals surface area contributed by atoms with Crippen molar-refractivity contribution < 1.29 is 4.79 Å². The van der Waals surface area contributed by atoms with Gasteiger partial charge < -0.3 is 4.90 Å². The molecule has 1 aliphatic heterocycles. The molecule has 0 atom stereocenters. The Kier molecular flexibility index (Phi) is 3.65. The van der Waals surface area contributed by atoms with Crippen molar-refractivity contribution in [3.05, 3.63) is 55.1 Å². The normalized spacial score (nSPS) is 14.3. The summed E-state index contributed by atoms with van der Waals surface area (Å²) in [5.74, 6) is 0.0641. The van der Waals surface area contributed by atoms with Crippen LogP contribution in [0.4, 0.5) is 0 Å². The van der Waals surface area contributed by atoms with Crippen molar-refractivity contribution in [2.75, 3.05) is 6.54 Å². The van der Waals surface area contributed by atoms with E-state index in [0.29, 0.717) is 17.1 Å². The van der Waals surface area contributed by atoms with Gasteiger partial charge in [0.05, 0.1) is 5.02 Å². The molecule has 1 aromatic carbocycles. The van der Waals surface area contributed by atoms with E-state index < -0.39 is 0 Å². The topological polar surface area (TPSA) is 20.3 Å². The summed E-state index contributed by atoms with van der Waals surface area (Å²) in [5.41, 5.74) is 1.95. The Morgan fingerprint density at radius 2 is 2.21 bits per heavy atom. The van der Waals surface area contributed by atoms with E-state index in [2.05, 4.69) is 27.4 Å². The van der Waals surface area contributed by atoms with Gasteiger partial charge in [-0.1, -0.05) is 11.6 Å². The predicted molar refractivity (Wildman–Crippen MR) is 81.9 cm³/mol. The zero-order valence-corrected chi connectivity index (χ0v) is 13.2. The molecule has 19 heavy (non-hydrogen) atoms. The molecule has 0 saturated carbocycles. The third-order valence-electron chi connectivity index (χ3n) is 3.26. The summed E-state index contributed by atoms with van der Waals surface area (Å²) in [6.07, 6.45) is 0.952. The summed E-state index contributed by atoms with van der Waals surface area (Å²) in [5, 5.41) is 2.72. The third kappa shape index (κ3) is 2.57. The summed E-state index contributed by atoms with van der Waals surface area (Å²) in [6.45, 7) is 1.49. The van der Waals surface area contributed by atoms with Crippen molar-refractivity contribution in [2.45, 2.75) is 13.0 Å². The Morgan fingerprint density at radius 3 is 3.00 bits per heavy atom. The van der Waals surface area contributed by atoms with Crippen LogP contribution in [0, 0.1) is 0 Å². The highest BCUT2D eigenvalue weighted by molar-refractivity contribution is 9.10. The fraction of sp³-hybridized carbons (Fsp3) is 0.214. The van der Waals surface area contributed by atoms with Gasteiger partial charge in [-0.3, -0.25) is 4.79 Å². The van der Waals surface area contributed by atoms with Gasteiger partial charge in [0.15, 0.2) is 0 Å². The minimum atomic E-state index is 0.0641. The lowest BCUT2D eigenvalue weighted by atomic mass is 10.1. The molecule has 0 N–H and O–H groups in total. The lowest BCUT2D eigenvalue weighted by Gasteiger charge is -2.27.